The third-order valence-electron chi connectivity index (χ3n) is 13.9. The van der Waals surface area contributed by atoms with Gasteiger partial charge < -0.3 is 39.3 Å². The smallest absolute Gasteiger partial charge is 0.350 e. The summed E-state index contributed by atoms with van der Waals surface area (Å²) in [7, 11) is 0. The fourth-order valence-corrected chi connectivity index (χ4v) is 10.4. The minimum atomic E-state index is -2.27. The van der Waals surface area contributed by atoms with Crippen LogP contribution in [0.25, 0.3) is 0 Å². The largest absolute Gasteiger partial charge is 0.455 e. The van der Waals surface area contributed by atoms with E-state index in [1.54, 1.807) is 94.4 Å². The van der Waals surface area contributed by atoms with Crippen molar-refractivity contribution in [2.75, 3.05) is 6.61 Å². The van der Waals surface area contributed by atoms with Crippen molar-refractivity contribution in [1.29, 1.82) is 0 Å². The quantitative estimate of drug-likeness (QED) is 0.149. The Morgan fingerprint density at radius 1 is 0.806 bits per heavy atom. The third kappa shape index (κ3) is 7.31. The van der Waals surface area contributed by atoms with Crippen LogP contribution in [0.3, 0.4) is 0 Å². The highest BCUT2D eigenvalue weighted by Crippen LogP contribution is 2.65. The molecule has 1 heterocycles. The zero-order valence-corrected chi connectivity index (χ0v) is 35.8. The number of benzene rings is 3. The van der Waals surface area contributed by atoms with E-state index in [1.807, 2.05) is 6.92 Å². The van der Waals surface area contributed by atoms with Gasteiger partial charge in [0.1, 0.15) is 23.9 Å². The number of rotatable bonds is 10. The molecule has 2 bridgehead atoms. The van der Waals surface area contributed by atoms with Crippen LogP contribution in [0.1, 0.15) is 93.6 Å². The molecule has 14 nitrogen and oxygen atoms in total. The highest BCUT2D eigenvalue weighted by Gasteiger charge is 2.77. The van der Waals surface area contributed by atoms with E-state index in [0.29, 0.717) is 5.56 Å². The van der Waals surface area contributed by atoms with Gasteiger partial charge in [-0.3, -0.25) is 14.4 Å². The van der Waals surface area contributed by atoms with Gasteiger partial charge in [-0.15, -0.1) is 0 Å². The Morgan fingerprint density at radius 3 is 1.90 bits per heavy atom. The summed E-state index contributed by atoms with van der Waals surface area (Å²) < 4.78 is 36.8. The lowest BCUT2D eigenvalue weighted by Crippen LogP contribution is -2.80. The predicted molar refractivity (Wildman–Crippen MR) is 221 cm³/mol. The van der Waals surface area contributed by atoms with E-state index in [2.05, 4.69) is 0 Å². The van der Waals surface area contributed by atoms with E-state index in [0.717, 1.165) is 6.92 Å². The van der Waals surface area contributed by atoms with Crippen molar-refractivity contribution in [2.45, 2.75) is 109 Å². The lowest BCUT2D eigenvalue weighted by molar-refractivity contribution is -0.340. The summed E-state index contributed by atoms with van der Waals surface area (Å²) in [5, 5.41) is 13.8. The molecule has 1 saturated heterocycles. The molecule has 3 fully saturated rings. The number of ketones is 1. The van der Waals surface area contributed by atoms with Gasteiger partial charge in [0, 0.05) is 31.1 Å². The summed E-state index contributed by atoms with van der Waals surface area (Å²) in [5.41, 5.74) is 0.742. The molecule has 2 saturated carbocycles. The van der Waals surface area contributed by atoms with Crippen molar-refractivity contribution >= 4 is 35.6 Å². The van der Waals surface area contributed by atoms with E-state index in [4.69, 9.17) is 34.2 Å². The van der Waals surface area contributed by atoms with Crippen molar-refractivity contribution in [3.05, 3.63) is 119 Å². The second-order valence-corrected chi connectivity index (χ2v) is 17.7. The second-order valence-electron chi connectivity index (χ2n) is 17.7. The average Bonchev–Trinajstić information content (AvgIpc) is 3.24. The molecule has 3 unspecified atom stereocenters. The molecule has 0 radical (unpaired) electrons. The number of carbonyl (C=O) groups is 6. The summed E-state index contributed by atoms with van der Waals surface area (Å²) in [4.78, 5) is 84.4. The number of esters is 5. The number of hydrogen-bond acceptors (Lipinski definition) is 14. The number of carbonyl (C=O) groups excluding carboxylic acids is 6. The second kappa shape index (κ2) is 16.5. The lowest BCUT2D eigenvalue weighted by Gasteiger charge is -2.68. The topological polar surface area (TPSA) is 204 Å². The van der Waals surface area contributed by atoms with Gasteiger partial charge in [0.25, 0.3) is 0 Å². The molecular formula is C48H53NO13. The number of ether oxygens (including phenoxy) is 6. The first kappa shape index (κ1) is 44.4. The van der Waals surface area contributed by atoms with Gasteiger partial charge in [-0.2, -0.15) is 0 Å². The molecule has 0 aromatic heterocycles. The van der Waals surface area contributed by atoms with Gasteiger partial charge in [-0.25, -0.2) is 14.4 Å². The molecule has 3 aromatic carbocycles. The molecule has 0 amide bonds. The maximum atomic E-state index is 15.7. The van der Waals surface area contributed by atoms with E-state index in [1.165, 1.54) is 31.2 Å². The highest BCUT2D eigenvalue weighted by atomic mass is 16.6. The maximum Gasteiger partial charge on any atom is 0.350 e. The standard InChI is InChI=1S/C48H53NO13/c1-26-23-34-47(25-57-34,62-29(4)51)39-41(61-43(54)32-21-15-10-16-22-32)48(56)24-33(27(2)35(45(48,5)6)37(58-28(3)50)40(52)46(26,39)7)59-44(55)38(36(49)30-17-11-8-12-18-30)60-42(53)31-19-13-9-14-20-31/h8-22,26,33-34,36-39,41,56H,23-25,49H2,1-7H3/t26-,33?,34+,36?,37+,38?,39-,41-,46+,47-,48+/m0/s1. The molecule has 11 atom stereocenters. The molecule has 3 N–H and O–H groups in total. The molecule has 328 valence electrons. The first-order valence-corrected chi connectivity index (χ1v) is 20.8. The minimum Gasteiger partial charge on any atom is -0.455 e. The molecule has 1 aliphatic heterocycles. The molecule has 0 spiro atoms. The van der Waals surface area contributed by atoms with Crippen LogP contribution in [-0.2, 0) is 47.6 Å². The zero-order valence-electron chi connectivity index (χ0n) is 35.8. The summed E-state index contributed by atoms with van der Waals surface area (Å²) in [6.07, 6.45) is -7.42. The summed E-state index contributed by atoms with van der Waals surface area (Å²) >= 11 is 0. The van der Waals surface area contributed by atoms with Crippen LogP contribution in [0.5, 0.6) is 0 Å². The molecule has 62 heavy (non-hydrogen) atoms. The van der Waals surface area contributed by atoms with Gasteiger partial charge in [-0.1, -0.05) is 94.4 Å². The Balaban J connectivity index is 1.42. The van der Waals surface area contributed by atoms with E-state index >= 15 is 4.79 Å². The monoisotopic (exact) mass is 851 g/mol. The van der Waals surface area contributed by atoms with Crippen LogP contribution in [0.2, 0.25) is 0 Å². The molecule has 7 rings (SSSR count). The fourth-order valence-electron chi connectivity index (χ4n) is 10.4. The van der Waals surface area contributed by atoms with Gasteiger partial charge in [0.15, 0.2) is 17.5 Å². The van der Waals surface area contributed by atoms with Crippen LogP contribution >= 0.6 is 0 Å². The van der Waals surface area contributed by atoms with Crippen molar-refractivity contribution in [3.63, 3.8) is 0 Å². The first-order chi connectivity index (χ1) is 29.3. The van der Waals surface area contributed by atoms with Crippen LogP contribution in [0.4, 0.5) is 0 Å². The number of fused-ring (bicyclic) bond motifs is 5. The molecule has 3 aliphatic carbocycles. The number of nitrogens with two attached hydrogens (primary N) is 1. The average molecular weight is 852 g/mol. The number of Topliss-reactive ketones (excluding diaryl/α,β-unsaturated/α-hetero) is 1. The van der Waals surface area contributed by atoms with Gasteiger partial charge in [-0.05, 0) is 60.2 Å². The molecule has 4 aliphatic rings. The summed E-state index contributed by atoms with van der Waals surface area (Å²) in [5.74, 6) is -6.74. The van der Waals surface area contributed by atoms with E-state index in [9.17, 15) is 29.1 Å². The maximum absolute atomic E-state index is 15.7. The normalized spacial score (nSPS) is 31.9. The summed E-state index contributed by atoms with van der Waals surface area (Å²) in [6, 6.07) is 23.4. The van der Waals surface area contributed by atoms with Crippen molar-refractivity contribution < 1.29 is 62.3 Å². The molecule has 3 aromatic rings. The van der Waals surface area contributed by atoms with E-state index < -0.39 is 112 Å². The van der Waals surface area contributed by atoms with Crippen LogP contribution in [-0.4, -0.2) is 89.1 Å². The zero-order chi connectivity index (χ0) is 44.9. The van der Waals surface area contributed by atoms with Gasteiger partial charge in [0.2, 0.25) is 6.10 Å². The number of hydrogen-bond donors (Lipinski definition) is 2. The Morgan fingerprint density at radius 2 is 1.37 bits per heavy atom. The third-order valence-corrected chi connectivity index (χ3v) is 13.9. The number of aliphatic hydroxyl groups is 1. The predicted octanol–water partition coefficient (Wildman–Crippen LogP) is 5.40. The lowest BCUT2D eigenvalue weighted by atomic mass is 9.43. The molecule has 14 heteroatoms. The van der Waals surface area contributed by atoms with Crippen LogP contribution < -0.4 is 5.73 Å². The Kier molecular flexibility index (Phi) is 11.8. The van der Waals surface area contributed by atoms with E-state index in [-0.39, 0.29) is 35.3 Å². The Bertz CT molecular complexity index is 2280. The molecular weight excluding hydrogens is 799 g/mol. The van der Waals surface area contributed by atoms with Crippen molar-refractivity contribution in [2.24, 2.45) is 28.4 Å². The van der Waals surface area contributed by atoms with Crippen LogP contribution in [0.15, 0.2) is 102 Å². The first-order valence-electron chi connectivity index (χ1n) is 20.8. The van der Waals surface area contributed by atoms with Crippen LogP contribution in [0, 0.1) is 22.7 Å². The van der Waals surface area contributed by atoms with Gasteiger partial charge >= 0.3 is 29.8 Å². The van der Waals surface area contributed by atoms with Gasteiger partial charge in [0.05, 0.1) is 29.7 Å². The summed E-state index contributed by atoms with van der Waals surface area (Å²) in [6.45, 7) is 10.5. The Labute approximate surface area is 360 Å². The highest BCUT2D eigenvalue weighted by molar-refractivity contribution is 5.95. The van der Waals surface area contributed by atoms with Crippen molar-refractivity contribution in [1.82, 2.24) is 0 Å². The Hall–Kier alpha value is -5.70. The SMILES string of the molecule is CC(=O)O[C@H]1C(=O)[C@@]2(C)[C@H]([C@H](OC(=O)c3ccccc3)[C@]3(O)CC(OC(=O)C(OC(=O)c4ccccc4)C(N)c4ccccc4)C(C)=C1C3(C)C)[C@]1(OC(C)=O)CO[C@@H]1C[C@@H]2C. The fraction of sp³-hybridized carbons (Fsp3) is 0.458. The minimum absolute atomic E-state index is 0.121. The van der Waals surface area contributed by atoms with Crippen molar-refractivity contribution in [3.8, 4) is 0 Å².